The average Bonchev–Trinajstić information content (AvgIpc) is 2.64. The van der Waals surface area contributed by atoms with Gasteiger partial charge in [0.1, 0.15) is 6.54 Å². The first-order chi connectivity index (χ1) is 13.1. The SMILES string of the molecule is CC(=NNC(=O)CN(c1ccc(Cl)cc1)S(C)(=O)=O)c1ccc([N+](=O)[O-])cc1. The summed E-state index contributed by atoms with van der Waals surface area (Å²) in [5.74, 6) is -0.651. The van der Waals surface area contributed by atoms with E-state index < -0.39 is 27.4 Å². The maximum atomic E-state index is 12.2. The Kier molecular flexibility index (Phi) is 6.71. The standard InChI is InChI=1S/C17H17ClN4O5S/c1-12(13-3-7-16(8-4-13)22(24)25)19-20-17(23)11-21(28(2,26)27)15-9-5-14(18)6-10-15/h3-10H,11H2,1-2H3,(H,20,23). The second kappa shape index (κ2) is 8.81. The van der Waals surface area contributed by atoms with Crippen LogP contribution in [0.3, 0.4) is 0 Å². The monoisotopic (exact) mass is 424 g/mol. The van der Waals surface area contributed by atoms with Gasteiger partial charge in [-0.15, -0.1) is 0 Å². The van der Waals surface area contributed by atoms with Crippen LogP contribution in [-0.4, -0.2) is 37.8 Å². The molecule has 0 aliphatic rings. The van der Waals surface area contributed by atoms with Crippen LogP contribution >= 0.6 is 11.6 Å². The summed E-state index contributed by atoms with van der Waals surface area (Å²) in [4.78, 5) is 22.3. The van der Waals surface area contributed by atoms with Gasteiger partial charge >= 0.3 is 0 Å². The Morgan fingerprint density at radius 3 is 2.25 bits per heavy atom. The molecule has 0 spiro atoms. The highest BCUT2D eigenvalue weighted by atomic mass is 35.5. The number of hydrogen-bond acceptors (Lipinski definition) is 6. The first kappa shape index (κ1) is 21.3. The van der Waals surface area contributed by atoms with Crippen LogP contribution in [0.25, 0.3) is 0 Å². The largest absolute Gasteiger partial charge is 0.271 e. The van der Waals surface area contributed by atoms with Gasteiger partial charge in [0.25, 0.3) is 11.6 Å². The van der Waals surface area contributed by atoms with Gasteiger partial charge in [-0.05, 0) is 48.9 Å². The lowest BCUT2D eigenvalue weighted by Gasteiger charge is -2.21. The molecule has 9 nitrogen and oxygen atoms in total. The van der Waals surface area contributed by atoms with Crippen LogP contribution < -0.4 is 9.73 Å². The highest BCUT2D eigenvalue weighted by molar-refractivity contribution is 7.92. The molecule has 2 aromatic carbocycles. The number of hydrogen-bond donors (Lipinski definition) is 1. The summed E-state index contributed by atoms with van der Waals surface area (Å²) in [5.41, 5.74) is 3.49. The predicted octanol–water partition coefficient (Wildman–Crippen LogP) is 2.55. The fourth-order valence-electron chi connectivity index (χ4n) is 2.21. The van der Waals surface area contributed by atoms with E-state index in [1.54, 1.807) is 6.92 Å². The average molecular weight is 425 g/mol. The van der Waals surface area contributed by atoms with E-state index in [9.17, 15) is 23.3 Å². The maximum Gasteiger partial charge on any atom is 0.269 e. The summed E-state index contributed by atoms with van der Waals surface area (Å²) >= 11 is 5.80. The van der Waals surface area contributed by atoms with Crippen molar-refractivity contribution < 1.29 is 18.1 Å². The van der Waals surface area contributed by atoms with Crippen molar-refractivity contribution in [2.75, 3.05) is 17.1 Å². The Labute approximate surface area is 166 Å². The Morgan fingerprint density at radius 2 is 1.75 bits per heavy atom. The van der Waals surface area contributed by atoms with E-state index >= 15 is 0 Å². The molecule has 0 aliphatic carbocycles. The fraction of sp³-hybridized carbons (Fsp3) is 0.176. The van der Waals surface area contributed by atoms with E-state index in [4.69, 9.17) is 11.6 Å². The van der Waals surface area contributed by atoms with Gasteiger partial charge in [-0.3, -0.25) is 19.2 Å². The van der Waals surface area contributed by atoms with E-state index in [1.165, 1.54) is 48.5 Å². The Hall–Kier alpha value is -2.98. The molecule has 2 aromatic rings. The van der Waals surface area contributed by atoms with Crippen molar-refractivity contribution in [1.82, 2.24) is 5.43 Å². The van der Waals surface area contributed by atoms with E-state index in [1.807, 2.05) is 0 Å². The molecule has 0 fully saturated rings. The lowest BCUT2D eigenvalue weighted by Crippen LogP contribution is -2.39. The fourth-order valence-corrected chi connectivity index (χ4v) is 3.19. The van der Waals surface area contributed by atoms with Crippen molar-refractivity contribution in [2.24, 2.45) is 5.10 Å². The number of sulfonamides is 1. The third-order valence-electron chi connectivity index (χ3n) is 3.65. The first-order valence-electron chi connectivity index (χ1n) is 7.89. The van der Waals surface area contributed by atoms with Crippen molar-refractivity contribution in [3.63, 3.8) is 0 Å². The first-order valence-corrected chi connectivity index (χ1v) is 10.1. The lowest BCUT2D eigenvalue weighted by molar-refractivity contribution is -0.384. The minimum atomic E-state index is -3.71. The molecular weight excluding hydrogens is 408 g/mol. The number of amides is 1. The quantitative estimate of drug-likeness (QED) is 0.415. The molecule has 0 unspecified atom stereocenters. The van der Waals surface area contributed by atoms with Crippen LogP contribution in [0.4, 0.5) is 11.4 Å². The van der Waals surface area contributed by atoms with Crippen LogP contribution in [-0.2, 0) is 14.8 Å². The van der Waals surface area contributed by atoms with Crippen LogP contribution in [0.2, 0.25) is 5.02 Å². The third kappa shape index (κ3) is 5.76. The molecule has 28 heavy (non-hydrogen) atoms. The zero-order valence-corrected chi connectivity index (χ0v) is 16.6. The molecule has 0 aromatic heterocycles. The van der Waals surface area contributed by atoms with Crippen molar-refractivity contribution >= 4 is 44.6 Å². The number of anilines is 1. The van der Waals surface area contributed by atoms with Gasteiger partial charge < -0.3 is 0 Å². The van der Waals surface area contributed by atoms with Gasteiger partial charge in [-0.2, -0.15) is 5.10 Å². The zero-order valence-electron chi connectivity index (χ0n) is 15.0. The van der Waals surface area contributed by atoms with Gasteiger partial charge in [-0.25, -0.2) is 13.8 Å². The number of carbonyl (C=O) groups excluding carboxylic acids is 1. The van der Waals surface area contributed by atoms with Crippen LogP contribution in [0, 0.1) is 10.1 Å². The van der Waals surface area contributed by atoms with Crippen molar-refractivity contribution in [2.45, 2.75) is 6.92 Å². The number of benzene rings is 2. The molecule has 0 bridgehead atoms. The zero-order chi connectivity index (χ0) is 20.9. The summed E-state index contributed by atoms with van der Waals surface area (Å²) in [7, 11) is -3.71. The molecule has 1 N–H and O–H groups in total. The van der Waals surface area contributed by atoms with Crippen molar-refractivity contribution in [1.29, 1.82) is 0 Å². The molecule has 0 aliphatic heterocycles. The van der Waals surface area contributed by atoms with Gasteiger partial charge in [0.15, 0.2) is 0 Å². The van der Waals surface area contributed by atoms with Crippen molar-refractivity contribution in [3.8, 4) is 0 Å². The second-order valence-electron chi connectivity index (χ2n) is 5.78. The summed E-state index contributed by atoms with van der Waals surface area (Å²) in [6, 6.07) is 11.7. The van der Waals surface area contributed by atoms with E-state index in [2.05, 4.69) is 10.5 Å². The molecule has 0 heterocycles. The highest BCUT2D eigenvalue weighted by Gasteiger charge is 2.20. The summed E-state index contributed by atoms with van der Waals surface area (Å²) in [5, 5.41) is 15.0. The van der Waals surface area contributed by atoms with E-state index in [-0.39, 0.29) is 11.4 Å². The molecule has 148 valence electrons. The minimum Gasteiger partial charge on any atom is -0.271 e. The molecule has 0 saturated carbocycles. The number of carbonyl (C=O) groups is 1. The Bertz CT molecular complexity index is 1000. The molecule has 1 amide bonds. The summed E-state index contributed by atoms with van der Waals surface area (Å²) < 4.78 is 25.0. The third-order valence-corrected chi connectivity index (χ3v) is 5.04. The molecular formula is C17H17ClN4O5S. The summed E-state index contributed by atoms with van der Waals surface area (Å²) in [6.07, 6.45) is 0.986. The number of hydrazone groups is 1. The lowest BCUT2D eigenvalue weighted by atomic mass is 10.1. The Morgan fingerprint density at radius 1 is 1.18 bits per heavy atom. The maximum absolute atomic E-state index is 12.2. The van der Waals surface area contributed by atoms with Gasteiger partial charge in [-0.1, -0.05) is 11.6 Å². The minimum absolute atomic E-state index is 0.0626. The normalized spacial score (nSPS) is 11.8. The van der Waals surface area contributed by atoms with Gasteiger partial charge in [0.05, 0.1) is 22.6 Å². The molecule has 2 rings (SSSR count). The molecule has 0 radical (unpaired) electrons. The number of nitro benzene ring substituents is 1. The van der Waals surface area contributed by atoms with Gasteiger partial charge in [0.2, 0.25) is 10.0 Å². The van der Waals surface area contributed by atoms with Gasteiger partial charge in [0, 0.05) is 17.2 Å². The predicted molar refractivity (Wildman–Crippen MR) is 107 cm³/mol. The topological polar surface area (TPSA) is 122 Å². The van der Waals surface area contributed by atoms with E-state index in [0.717, 1.165) is 10.6 Å². The highest BCUT2D eigenvalue weighted by Crippen LogP contribution is 2.20. The number of non-ortho nitro benzene ring substituents is 1. The number of nitrogens with one attached hydrogen (secondary N) is 1. The summed E-state index contributed by atoms with van der Waals surface area (Å²) in [6.45, 7) is 1.13. The van der Waals surface area contributed by atoms with Crippen LogP contribution in [0.5, 0.6) is 0 Å². The van der Waals surface area contributed by atoms with Crippen LogP contribution in [0.1, 0.15) is 12.5 Å². The Balaban J connectivity index is 2.10. The molecule has 11 heteroatoms. The molecule has 0 saturated heterocycles. The number of halogens is 1. The van der Waals surface area contributed by atoms with Crippen molar-refractivity contribution in [3.05, 3.63) is 69.2 Å². The number of nitrogens with zero attached hydrogens (tertiary/aromatic N) is 3. The van der Waals surface area contributed by atoms with Crippen LogP contribution in [0.15, 0.2) is 53.6 Å². The smallest absolute Gasteiger partial charge is 0.269 e. The number of nitro groups is 1. The second-order valence-corrected chi connectivity index (χ2v) is 8.13. The van der Waals surface area contributed by atoms with E-state index in [0.29, 0.717) is 16.3 Å². The number of rotatable bonds is 7. The molecule has 0 atom stereocenters.